The van der Waals surface area contributed by atoms with E-state index in [1.54, 1.807) is 6.07 Å². The lowest BCUT2D eigenvalue weighted by molar-refractivity contribution is 0.102. The zero-order valence-electron chi connectivity index (χ0n) is 9.08. The van der Waals surface area contributed by atoms with Gasteiger partial charge in [0.2, 0.25) is 0 Å². The van der Waals surface area contributed by atoms with Gasteiger partial charge < -0.3 is 5.32 Å². The second-order valence-electron chi connectivity index (χ2n) is 3.56. The molecule has 0 saturated carbocycles. The highest BCUT2D eigenvalue weighted by Gasteiger charge is 2.11. The second kappa shape index (κ2) is 5.99. The number of hydrogen-bond acceptors (Lipinski definition) is 1. The summed E-state index contributed by atoms with van der Waals surface area (Å²) in [6.45, 7) is 0. The van der Waals surface area contributed by atoms with Gasteiger partial charge in [-0.1, -0.05) is 28.1 Å². The minimum atomic E-state index is -0.152. The van der Waals surface area contributed by atoms with Crippen LogP contribution in [0.15, 0.2) is 55.9 Å². The summed E-state index contributed by atoms with van der Waals surface area (Å²) in [7, 11) is 0. The molecule has 5 heteroatoms. The number of benzene rings is 2. The standard InChI is InChI=1S/C13H8Br3NO/c14-8-5-6-9(11(16)7-8)13(18)17-12-4-2-1-3-10(12)15/h1-7H,(H,17,18). The van der Waals surface area contributed by atoms with E-state index in [4.69, 9.17) is 0 Å². The summed E-state index contributed by atoms with van der Waals surface area (Å²) in [6, 6.07) is 12.9. The van der Waals surface area contributed by atoms with Crippen LogP contribution in [0, 0.1) is 0 Å². The lowest BCUT2D eigenvalue weighted by atomic mass is 10.2. The van der Waals surface area contributed by atoms with Crippen molar-refractivity contribution in [3.63, 3.8) is 0 Å². The van der Waals surface area contributed by atoms with Gasteiger partial charge in [0.25, 0.3) is 5.91 Å². The number of carbonyl (C=O) groups is 1. The summed E-state index contributed by atoms with van der Waals surface area (Å²) in [6.07, 6.45) is 0. The molecule has 2 aromatic rings. The number of anilines is 1. The number of hydrogen-bond donors (Lipinski definition) is 1. The molecule has 18 heavy (non-hydrogen) atoms. The third-order valence-corrected chi connectivity index (χ3v) is 4.14. The number of halogens is 3. The maximum absolute atomic E-state index is 12.1. The lowest BCUT2D eigenvalue weighted by Gasteiger charge is -2.08. The molecule has 0 saturated heterocycles. The maximum atomic E-state index is 12.1. The van der Waals surface area contributed by atoms with E-state index < -0.39 is 0 Å². The molecule has 92 valence electrons. The van der Waals surface area contributed by atoms with Crippen LogP contribution in [0.2, 0.25) is 0 Å². The molecule has 0 aliphatic heterocycles. The Morgan fingerprint density at radius 2 is 1.67 bits per heavy atom. The number of nitrogens with one attached hydrogen (secondary N) is 1. The molecule has 0 spiro atoms. The summed E-state index contributed by atoms with van der Waals surface area (Å²) in [4.78, 5) is 12.1. The third-order valence-electron chi connectivity index (χ3n) is 2.30. The van der Waals surface area contributed by atoms with Crippen molar-refractivity contribution >= 4 is 59.4 Å². The summed E-state index contributed by atoms with van der Waals surface area (Å²) >= 11 is 10.1. The number of amides is 1. The molecule has 2 aromatic carbocycles. The Morgan fingerprint density at radius 3 is 2.33 bits per heavy atom. The van der Waals surface area contributed by atoms with Crippen molar-refractivity contribution in [1.29, 1.82) is 0 Å². The molecule has 0 unspecified atom stereocenters. The van der Waals surface area contributed by atoms with Crippen molar-refractivity contribution < 1.29 is 4.79 Å². The summed E-state index contributed by atoms with van der Waals surface area (Å²) in [5, 5.41) is 2.86. The van der Waals surface area contributed by atoms with Crippen LogP contribution in [-0.4, -0.2) is 5.91 Å². The molecule has 0 atom stereocenters. The Labute approximate surface area is 130 Å². The molecular formula is C13H8Br3NO. The van der Waals surface area contributed by atoms with Crippen LogP contribution in [0.4, 0.5) is 5.69 Å². The van der Waals surface area contributed by atoms with Gasteiger partial charge in [-0.15, -0.1) is 0 Å². The van der Waals surface area contributed by atoms with E-state index in [9.17, 15) is 4.79 Å². The molecule has 0 fully saturated rings. The summed E-state index contributed by atoms with van der Waals surface area (Å²) in [5.74, 6) is -0.152. The molecule has 1 amide bonds. The highest BCUT2D eigenvalue weighted by atomic mass is 79.9. The number of para-hydroxylation sites is 1. The first kappa shape index (κ1) is 13.8. The molecule has 2 nitrogen and oxygen atoms in total. The predicted molar refractivity (Wildman–Crippen MR) is 83.9 cm³/mol. The van der Waals surface area contributed by atoms with Gasteiger partial charge >= 0.3 is 0 Å². The normalized spacial score (nSPS) is 10.2. The fourth-order valence-corrected chi connectivity index (χ4v) is 3.04. The Balaban J connectivity index is 2.25. The topological polar surface area (TPSA) is 29.1 Å². The first-order valence-corrected chi connectivity index (χ1v) is 7.47. The van der Waals surface area contributed by atoms with Gasteiger partial charge in [0.15, 0.2) is 0 Å². The molecular weight excluding hydrogens is 426 g/mol. The van der Waals surface area contributed by atoms with Crippen molar-refractivity contribution in [3.8, 4) is 0 Å². The van der Waals surface area contributed by atoms with Crippen LogP contribution in [0.1, 0.15) is 10.4 Å². The van der Waals surface area contributed by atoms with E-state index in [1.165, 1.54) is 0 Å². The molecule has 0 radical (unpaired) electrons. The molecule has 0 aromatic heterocycles. The van der Waals surface area contributed by atoms with Crippen LogP contribution in [0.5, 0.6) is 0 Å². The van der Waals surface area contributed by atoms with E-state index in [0.29, 0.717) is 5.56 Å². The molecule has 0 aliphatic carbocycles. The first-order valence-electron chi connectivity index (χ1n) is 5.09. The van der Waals surface area contributed by atoms with E-state index >= 15 is 0 Å². The van der Waals surface area contributed by atoms with Gasteiger partial charge in [0, 0.05) is 13.4 Å². The minimum Gasteiger partial charge on any atom is -0.321 e. The summed E-state index contributed by atoms with van der Waals surface area (Å²) in [5.41, 5.74) is 1.34. The Morgan fingerprint density at radius 1 is 0.944 bits per heavy atom. The molecule has 0 bridgehead atoms. The van der Waals surface area contributed by atoms with E-state index in [-0.39, 0.29) is 5.91 Å². The van der Waals surface area contributed by atoms with Crippen LogP contribution < -0.4 is 5.32 Å². The van der Waals surface area contributed by atoms with Crippen molar-refractivity contribution in [3.05, 3.63) is 61.4 Å². The van der Waals surface area contributed by atoms with Crippen molar-refractivity contribution in [2.45, 2.75) is 0 Å². The predicted octanol–water partition coefficient (Wildman–Crippen LogP) is 5.23. The smallest absolute Gasteiger partial charge is 0.256 e. The van der Waals surface area contributed by atoms with E-state index in [2.05, 4.69) is 53.1 Å². The lowest BCUT2D eigenvalue weighted by Crippen LogP contribution is -2.12. The monoisotopic (exact) mass is 431 g/mol. The second-order valence-corrected chi connectivity index (χ2v) is 6.18. The summed E-state index contributed by atoms with van der Waals surface area (Å²) < 4.78 is 2.53. The fraction of sp³-hybridized carbons (Fsp3) is 0. The van der Waals surface area contributed by atoms with Gasteiger partial charge in [-0.2, -0.15) is 0 Å². The van der Waals surface area contributed by atoms with E-state index in [1.807, 2.05) is 36.4 Å². The van der Waals surface area contributed by atoms with Gasteiger partial charge in [-0.25, -0.2) is 0 Å². The molecule has 2 rings (SSSR count). The Kier molecular flexibility index (Phi) is 4.59. The maximum Gasteiger partial charge on any atom is 0.256 e. The molecule has 0 aliphatic rings. The Hall–Kier alpha value is -0.650. The van der Waals surface area contributed by atoms with Crippen LogP contribution in [0.3, 0.4) is 0 Å². The SMILES string of the molecule is O=C(Nc1ccccc1Br)c1ccc(Br)cc1Br. The highest BCUT2D eigenvalue weighted by Crippen LogP contribution is 2.25. The van der Waals surface area contributed by atoms with Crippen LogP contribution in [-0.2, 0) is 0 Å². The Bertz CT molecular complexity index is 599. The number of carbonyl (C=O) groups excluding carboxylic acids is 1. The van der Waals surface area contributed by atoms with Gasteiger partial charge in [0.05, 0.1) is 11.3 Å². The third kappa shape index (κ3) is 3.22. The van der Waals surface area contributed by atoms with Crippen LogP contribution in [0.25, 0.3) is 0 Å². The van der Waals surface area contributed by atoms with Gasteiger partial charge in [0.1, 0.15) is 0 Å². The fourth-order valence-electron chi connectivity index (χ4n) is 1.43. The van der Waals surface area contributed by atoms with Gasteiger partial charge in [-0.3, -0.25) is 4.79 Å². The van der Waals surface area contributed by atoms with Gasteiger partial charge in [-0.05, 0) is 62.2 Å². The highest BCUT2D eigenvalue weighted by molar-refractivity contribution is 9.11. The quantitative estimate of drug-likeness (QED) is 0.690. The average Bonchev–Trinajstić information content (AvgIpc) is 2.32. The zero-order chi connectivity index (χ0) is 13.1. The van der Waals surface area contributed by atoms with Crippen molar-refractivity contribution in [2.75, 3.05) is 5.32 Å². The van der Waals surface area contributed by atoms with E-state index in [0.717, 1.165) is 19.1 Å². The first-order chi connectivity index (χ1) is 8.58. The largest absolute Gasteiger partial charge is 0.321 e. The number of rotatable bonds is 2. The minimum absolute atomic E-state index is 0.152. The zero-order valence-corrected chi connectivity index (χ0v) is 13.8. The van der Waals surface area contributed by atoms with Crippen LogP contribution >= 0.6 is 47.8 Å². The average molecular weight is 434 g/mol. The van der Waals surface area contributed by atoms with Crippen molar-refractivity contribution in [1.82, 2.24) is 0 Å². The van der Waals surface area contributed by atoms with Crippen molar-refractivity contribution in [2.24, 2.45) is 0 Å². The molecule has 0 heterocycles. The molecule has 1 N–H and O–H groups in total.